The highest BCUT2D eigenvalue weighted by molar-refractivity contribution is 5.94. The molecule has 0 atom stereocenters. The Morgan fingerprint density at radius 3 is 2.70 bits per heavy atom. The van der Waals surface area contributed by atoms with Crippen molar-refractivity contribution in [2.45, 2.75) is 19.8 Å². The van der Waals surface area contributed by atoms with Crippen LogP contribution in [0.2, 0.25) is 0 Å². The number of carbonyl (C=O) groups is 2. The van der Waals surface area contributed by atoms with E-state index in [4.69, 9.17) is 9.47 Å². The van der Waals surface area contributed by atoms with E-state index in [1.165, 1.54) is 0 Å². The minimum Gasteiger partial charge on any atom is -0.454 e. The van der Waals surface area contributed by atoms with Crippen molar-refractivity contribution in [3.8, 4) is 11.5 Å². The maximum Gasteiger partial charge on any atom is 0.274 e. The smallest absolute Gasteiger partial charge is 0.274 e. The fourth-order valence-electron chi connectivity index (χ4n) is 3.98. The summed E-state index contributed by atoms with van der Waals surface area (Å²) in [4.78, 5) is 31.8. The number of hydrogen-bond donors (Lipinski definition) is 1. The predicted octanol–water partition coefficient (Wildman–Crippen LogP) is 2.86. The Labute approximate surface area is 173 Å². The number of carbonyl (C=O) groups excluding carboxylic acids is 2. The van der Waals surface area contributed by atoms with Gasteiger partial charge in [-0.25, -0.2) is 4.98 Å². The molecule has 30 heavy (non-hydrogen) atoms. The lowest BCUT2D eigenvalue weighted by atomic mass is 9.95. The lowest BCUT2D eigenvalue weighted by Gasteiger charge is -2.30. The molecule has 0 saturated carbocycles. The zero-order valence-electron chi connectivity index (χ0n) is 16.6. The first kappa shape index (κ1) is 18.5. The van der Waals surface area contributed by atoms with Gasteiger partial charge in [-0.3, -0.25) is 9.59 Å². The third-order valence-electron chi connectivity index (χ3n) is 5.71. The SMILES string of the molecule is Cc1cccc2nc(C(=O)N3CCC(C(=O)Nc4ccc5c(c4)OCO5)CC3)cn12. The molecular formula is C22H22N4O4. The van der Waals surface area contributed by atoms with Crippen LogP contribution in [-0.4, -0.2) is 46.0 Å². The van der Waals surface area contributed by atoms with Crippen LogP contribution in [0.25, 0.3) is 5.65 Å². The lowest BCUT2D eigenvalue weighted by Crippen LogP contribution is -2.41. The zero-order chi connectivity index (χ0) is 20.7. The second-order valence-corrected chi connectivity index (χ2v) is 7.65. The van der Waals surface area contributed by atoms with Gasteiger partial charge < -0.3 is 24.1 Å². The van der Waals surface area contributed by atoms with Gasteiger partial charge in [0, 0.05) is 42.7 Å². The van der Waals surface area contributed by atoms with Gasteiger partial charge in [-0.15, -0.1) is 0 Å². The Morgan fingerprint density at radius 2 is 1.90 bits per heavy atom. The highest BCUT2D eigenvalue weighted by Gasteiger charge is 2.29. The fourth-order valence-corrected chi connectivity index (χ4v) is 3.98. The number of nitrogens with one attached hydrogen (secondary N) is 1. The van der Waals surface area contributed by atoms with Crippen LogP contribution < -0.4 is 14.8 Å². The molecule has 5 rings (SSSR count). The van der Waals surface area contributed by atoms with E-state index in [1.54, 1.807) is 29.3 Å². The Bertz CT molecular complexity index is 1130. The first-order valence-electron chi connectivity index (χ1n) is 10.0. The Morgan fingerprint density at radius 1 is 1.10 bits per heavy atom. The lowest BCUT2D eigenvalue weighted by molar-refractivity contribution is -0.121. The van der Waals surface area contributed by atoms with Gasteiger partial charge in [0.05, 0.1) is 0 Å². The van der Waals surface area contributed by atoms with Gasteiger partial charge in [0.1, 0.15) is 11.3 Å². The van der Waals surface area contributed by atoms with Crippen LogP contribution in [-0.2, 0) is 4.79 Å². The number of likely N-dealkylation sites (tertiary alicyclic amines) is 1. The van der Waals surface area contributed by atoms with Crippen LogP contribution in [0.3, 0.4) is 0 Å². The highest BCUT2D eigenvalue weighted by Crippen LogP contribution is 2.34. The van der Waals surface area contributed by atoms with Crippen LogP contribution in [0.1, 0.15) is 29.0 Å². The van der Waals surface area contributed by atoms with E-state index in [1.807, 2.05) is 29.5 Å². The summed E-state index contributed by atoms with van der Waals surface area (Å²) in [6.45, 7) is 3.24. The van der Waals surface area contributed by atoms with Crippen molar-refractivity contribution in [3.05, 3.63) is 54.0 Å². The normalized spacial score (nSPS) is 16.1. The predicted molar refractivity (Wildman–Crippen MR) is 110 cm³/mol. The molecule has 2 aliphatic rings. The average Bonchev–Trinajstić information content (AvgIpc) is 3.40. The number of benzene rings is 1. The molecule has 4 heterocycles. The largest absolute Gasteiger partial charge is 0.454 e. The molecule has 0 radical (unpaired) electrons. The van der Waals surface area contributed by atoms with Crippen molar-refractivity contribution in [1.29, 1.82) is 0 Å². The minimum absolute atomic E-state index is 0.0377. The molecule has 1 fully saturated rings. The number of hydrogen-bond acceptors (Lipinski definition) is 5. The molecule has 0 aliphatic carbocycles. The maximum atomic E-state index is 12.9. The molecule has 8 heteroatoms. The second kappa shape index (κ2) is 7.37. The van der Waals surface area contributed by atoms with Gasteiger partial charge in [0.25, 0.3) is 5.91 Å². The Balaban J connectivity index is 1.20. The van der Waals surface area contributed by atoms with E-state index in [9.17, 15) is 9.59 Å². The van der Waals surface area contributed by atoms with Crippen molar-refractivity contribution in [3.63, 3.8) is 0 Å². The van der Waals surface area contributed by atoms with Crippen LogP contribution in [0.4, 0.5) is 5.69 Å². The molecule has 0 bridgehead atoms. The van der Waals surface area contributed by atoms with E-state index < -0.39 is 0 Å². The van der Waals surface area contributed by atoms with Crippen LogP contribution >= 0.6 is 0 Å². The standard InChI is InChI=1S/C22H22N4O4/c1-14-3-2-4-20-24-17(12-26(14)20)22(28)25-9-7-15(8-10-25)21(27)23-16-5-6-18-19(11-16)30-13-29-18/h2-6,11-12,15H,7-10,13H2,1H3,(H,23,27). The number of nitrogens with zero attached hydrogens (tertiary/aromatic N) is 3. The topological polar surface area (TPSA) is 85.2 Å². The third-order valence-corrected chi connectivity index (χ3v) is 5.71. The van der Waals surface area contributed by atoms with Crippen molar-refractivity contribution < 1.29 is 19.1 Å². The number of rotatable bonds is 3. The van der Waals surface area contributed by atoms with Crippen LogP contribution in [0.15, 0.2) is 42.6 Å². The Hall–Kier alpha value is -3.55. The molecule has 1 saturated heterocycles. The fraction of sp³-hybridized carbons (Fsp3) is 0.318. The molecule has 1 N–H and O–H groups in total. The summed E-state index contributed by atoms with van der Waals surface area (Å²) in [5.74, 6) is 1.05. The van der Waals surface area contributed by atoms with Gasteiger partial charge in [0.2, 0.25) is 12.7 Å². The average molecular weight is 406 g/mol. The number of aryl methyl sites for hydroxylation is 1. The van der Waals surface area contributed by atoms with Crippen LogP contribution in [0.5, 0.6) is 11.5 Å². The summed E-state index contributed by atoms with van der Waals surface area (Å²) in [5.41, 5.74) is 2.91. The molecule has 2 aliphatic heterocycles. The summed E-state index contributed by atoms with van der Waals surface area (Å²) in [5, 5.41) is 2.95. The second-order valence-electron chi connectivity index (χ2n) is 7.65. The van der Waals surface area contributed by atoms with Crippen LogP contribution in [0, 0.1) is 12.8 Å². The van der Waals surface area contributed by atoms with Gasteiger partial charge >= 0.3 is 0 Å². The summed E-state index contributed by atoms with van der Waals surface area (Å²) in [6.07, 6.45) is 3.02. The van der Waals surface area contributed by atoms with E-state index in [0.29, 0.717) is 48.8 Å². The highest BCUT2D eigenvalue weighted by atomic mass is 16.7. The summed E-state index contributed by atoms with van der Waals surface area (Å²) in [7, 11) is 0. The van der Waals surface area contributed by atoms with Gasteiger partial charge in [-0.2, -0.15) is 0 Å². The monoisotopic (exact) mass is 406 g/mol. The van der Waals surface area contributed by atoms with Gasteiger partial charge in [0.15, 0.2) is 11.5 Å². The van der Waals surface area contributed by atoms with E-state index in [-0.39, 0.29) is 24.5 Å². The van der Waals surface area contributed by atoms with Crippen molar-refractivity contribution in [2.75, 3.05) is 25.2 Å². The Kier molecular flexibility index (Phi) is 4.54. The molecule has 154 valence electrons. The summed E-state index contributed by atoms with van der Waals surface area (Å²) < 4.78 is 12.6. The van der Waals surface area contributed by atoms with Gasteiger partial charge in [-0.1, -0.05) is 6.07 Å². The first-order valence-corrected chi connectivity index (χ1v) is 10.0. The number of anilines is 1. The molecule has 0 spiro atoms. The quantitative estimate of drug-likeness (QED) is 0.723. The molecule has 2 amide bonds. The first-order chi connectivity index (χ1) is 14.6. The zero-order valence-corrected chi connectivity index (χ0v) is 16.6. The van der Waals surface area contributed by atoms with Gasteiger partial charge in [-0.05, 0) is 44.0 Å². The summed E-state index contributed by atoms with van der Waals surface area (Å²) in [6, 6.07) is 11.1. The number of ether oxygens (including phenoxy) is 2. The number of piperidine rings is 1. The van der Waals surface area contributed by atoms with Crippen molar-refractivity contribution >= 4 is 23.1 Å². The number of aromatic nitrogens is 2. The molecule has 0 unspecified atom stereocenters. The number of imidazole rings is 1. The third kappa shape index (κ3) is 3.34. The number of fused-ring (bicyclic) bond motifs is 2. The summed E-state index contributed by atoms with van der Waals surface area (Å²) >= 11 is 0. The molecule has 2 aromatic heterocycles. The molecule has 1 aromatic carbocycles. The maximum absolute atomic E-state index is 12.9. The number of pyridine rings is 1. The van der Waals surface area contributed by atoms with Crippen molar-refractivity contribution in [2.24, 2.45) is 5.92 Å². The van der Waals surface area contributed by atoms with E-state index in [0.717, 1.165) is 11.3 Å². The molecular weight excluding hydrogens is 384 g/mol. The van der Waals surface area contributed by atoms with E-state index in [2.05, 4.69) is 10.3 Å². The minimum atomic E-state index is -0.136. The molecule has 3 aromatic rings. The van der Waals surface area contributed by atoms with E-state index >= 15 is 0 Å². The van der Waals surface area contributed by atoms with Crippen molar-refractivity contribution in [1.82, 2.24) is 14.3 Å². The molecule has 8 nitrogen and oxygen atoms in total. The number of amides is 2.